The Bertz CT molecular complexity index is 987. The third kappa shape index (κ3) is 3.66. The van der Waals surface area contributed by atoms with Crippen LogP contribution >= 0.6 is 24.8 Å². The van der Waals surface area contributed by atoms with Gasteiger partial charge >= 0.3 is 0 Å². The van der Waals surface area contributed by atoms with E-state index in [4.69, 9.17) is 12.2 Å². The summed E-state index contributed by atoms with van der Waals surface area (Å²) in [6.45, 7) is 3.96. The minimum absolute atomic E-state index is 0.252. The fourth-order valence-electron chi connectivity index (χ4n) is 2.66. The lowest BCUT2D eigenvalue weighted by Crippen LogP contribution is -2.23. The van der Waals surface area contributed by atoms with Crippen LogP contribution in [0.3, 0.4) is 0 Å². The molecule has 0 radical (unpaired) electrons. The molecule has 0 aliphatic heterocycles. The summed E-state index contributed by atoms with van der Waals surface area (Å²) in [6.07, 6.45) is 0. The average Bonchev–Trinajstić information content (AvgIpc) is 2.62. The van der Waals surface area contributed by atoms with E-state index in [0.29, 0.717) is 21.3 Å². The van der Waals surface area contributed by atoms with Crippen molar-refractivity contribution in [1.29, 1.82) is 0 Å². The second kappa shape index (κ2) is 7.21. The molecule has 132 valence electrons. The van der Waals surface area contributed by atoms with E-state index in [1.807, 2.05) is 32.0 Å². The van der Waals surface area contributed by atoms with Crippen molar-refractivity contribution in [2.24, 2.45) is 0 Å². The standard InChI is InChI=1S/C20H16F2N2S2/c1-20(2,18-8-4-6-16(24-18)19(25)26)17-7-3-5-15(23-17)13-10-9-12(21)11-14(13)22/h3-11H,1-2H3,(H,25,26). The molecule has 0 saturated carbocycles. The van der Waals surface area contributed by atoms with E-state index in [1.54, 1.807) is 18.2 Å². The maximum Gasteiger partial charge on any atom is 0.135 e. The van der Waals surface area contributed by atoms with E-state index in [0.717, 1.165) is 11.8 Å². The zero-order valence-electron chi connectivity index (χ0n) is 14.2. The number of nitrogens with zero attached hydrogens (tertiary/aromatic N) is 2. The Morgan fingerprint density at radius 2 is 1.62 bits per heavy atom. The molecular formula is C20H16F2N2S2. The van der Waals surface area contributed by atoms with Gasteiger partial charge in [-0.05, 0) is 50.2 Å². The number of halogens is 2. The van der Waals surface area contributed by atoms with E-state index >= 15 is 0 Å². The molecule has 0 fully saturated rings. The molecule has 3 rings (SSSR count). The Morgan fingerprint density at radius 1 is 0.962 bits per heavy atom. The first-order valence-corrected chi connectivity index (χ1v) is 8.78. The topological polar surface area (TPSA) is 25.8 Å². The van der Waals surface area contributed by atoms with Crippen molar-refractivity contribution in [2.45, 2.75) is 19.3 Å². The highest BCUT2D eigenvalue weighted by Gasteiger charge is 2.27. The normalized spacial score (nSPS) is 11.4. The first-order chi connectivity index (χ1) is 12.3. The van der Waals surface area contributed by atoms with Crippen LogP contribution in [-0.4, -0.2) is 14.2 Å². The highest BCUT2D eigenvalue weighted by atomic mass is 32.1. The molecule has 0 aliphatic carbocycles. The number of aromatic nitrogens is 2. The van der Waals surface area contributed by atoms with Crippen LogP contribution in [0.1, 0.15) is 30.9 Å². The minimum atomic E-state index is -0.645. The Labute approximate surface area is 161 Å². The SMILES string of the molecule is CC(C)(c1cccc(C(=S)S)n1)c1cccc(-c2ccc(F)cc2F)n1. The molecule has 0 amide bonds. The molecule has 0 bridgehead atoms. The quantitative estimate of drug-likeness (QED) is 0.483. The first-order valence-electron chi connectivity index (χ1n) is 7.93. The molecule has 0 aliphatic rings. The van der Waals surface area contributed by atoms with Crippen LogP contribution in [0.25, 0.3) is 11.3 Å². The van der Waals surface area contributed by atoms with Crippen molar-refractivity contribution in [1.82, 2.24) is 9.97 Å². The van der Waals surface area contributed by atoms with Crippen molar-refractivity contribution in [3.05, 3.63) is 83.3 Å². The van der Waals surface area contributed by atoms with Gasteiger partial charge in [-0.3, -0.25) is 9.97 Å². The lowest BCUT2D eigenvalue weighted by Gasteiger charge is -2.24. The molecule has 2 heterocycles. The smallest absolute Gasteiger partial charge is 0.135 e. The van der Waals surface area contributed by atoms with Crippen molar-refractivity contribution in [3.63, 3.8) is 0 Å². The number of hydrogen-bond acceptors (Lipinski definition) is 3. The van der Waals surface area contributed by atoms with Gasteiger partial charge in [0.05, 0.1) is 27.0 Å². The van der Waals surface area contributed by atoms with E-state index in [9.17, 15) is 8.78 Å². The van der Waals surface area contributed by atoms with Gasteiger partial charge in [0.25, 0.3) is 0 Å². The van der Waals surface area contributed by atoms with E-state index < -0.39 is 17.0 Å². The van der Waals surface area contributed by atoms with Gasteiger partial charge in [0.1, 0.15) is 11.6 Å². The predicted octanol–water partition coefficient (Wildman–Crippen LogP) is 5.35. The molecule has 1 aromatic carbocycles. The Hall–Kier alpha value is -2.18. The Balaban J connectivity index is 2.06. The number of benzene rings is 1. The van der Waals surface area contributed by atoms with Gasteiger partial charge in [-0.1, -0.05) is 24.4 Å². The molecule has 0 spiro atoms. The molecule has 0 N–H and O–H groups in total. The van der Waals surface area contributed by atoms with Gasteiger partial charge in [0, 0.05) is 17.0 Å². The molecule has 3 aromatic rings. The van der Waals surface area contributed by atoms with Crippen LogP contribution in [0.4, 0.5) is 8.78 Å². The molecule has 0 unspecified atom stereocenters. The zero-order chi connectivity index (χ0) is 18.9. The van der Waals surface area contributed by atoms with Gasteiger partial charge in [-0.15, -0.1) is 12.6 Å². The van der Waals surface area contributed by atoms with Gasteiger partial charge in [-0.25, -0.2) is 8.78 Å². The highest BCUT2D eigenvalue weighted by molar-refractivity contribution is 8.11. The minimum Gasteiger partial charge on any atom is -0.252 e. The molecule has 0 saturated heterocycles. The number of thiol groups is 1. The maximum absolute atomic E-state index is 14.1. The molecule has 0 atom stereocenters. The van der Waals surface area contributed by atoms with Crippen LogP contribution in [0.2, 0.25) is 0 Å². The van der Waals surface area contributed by atoms with Gasteiger partial charge < -0.3 is 0 Å². The molecule has 26 heavy (non-hydrogen) atoms. The summed E-state index contributed by atoms with van der Waals surface area (Å²) in [6, 6.07) is 14.4. The fourth-order valence-corrected chi connectivity index (χ4v) is 2.90. The van der Waals surface area contributed by atoms with Crippen molar-refractivity contribution < 1.29 is 8.78 Å². The molecule has 2 aromatic heterocycles. The van der Waals surface area contributed by atoms with Crippen LogP contribution in [0, 0.1) is 11.6 Å². The van der Waals surface area contributed by atoms with E-state index in [2.05, 4.69) is 22.6 Å². The molecule has 6 heteroatoms. The van der Waals surface area contributed by atoms with Crippen molar-refractivity contribution >= 4 is 29.0 Å². The summed E-state index contributed by atoms with van der Waals surface area (Å²) in [5.74, 6) is -1.26. The summed E-state index contributed by atoms with van der Waals surface area (Å²) in [4.78, 5) is 9.17. The lowest BCUT2D eigenvalue weighted by atomic mass is 9.84. The van der Waals surface area contributed by atoms with Crippen LogP contribution in [0.5, 0.6) is 0 Å². The number of rotatable bonds is 4. The average molecular weight is 386 g/mol. The van der Waals surface area contributed by atoms with Gasteiger partial charge in [0.2, 0.25) is 0 Å². The maximum atomic E-state index is 14.1. The largest absolute Gasteiger partial charge is 0.252 e. The lowest BCUT2D eigenvalue weighted by molar-refractivity contribution is 0.583. The van der Waals surface area contributed by atoms with Crippen LogP contribution in [-0.2, 0) is 5.41 Å². The second-order valence-corrected chi connectivity index (χ2v) is 7.53. The van der Waals surface area contributed by atoms with E-state index in [1.165, 1.54) is 12.1 Å². The number of hydrogen-bond donors (Lipinski definition) is 1. The predicted molar refractivity (Wildman–Crippen MR) is 107 cm³/mol. The van der Waals surface area contributed by atoms with Crippen molar-refractivity contribution in [2.75, 3.05) is 0 Å². The third-order valence-electron chi connectivity index (χ3n) is 4.21. The summed E-state index contributed by atoms with van der Waals surface area (Å²) in [7, 11) is 0. The van der Waals surface area contributed by atoms with Crippen LogP contribution < -0.4 is 0 Å². The van der Waals surface area contributed by atoms with Crippen molar-refractivity contribution in [3.8, 4) is 11.3 Å². The zero-order valence-corrected chi connectivity index (χ0v) is 15.9. The number of pyridine rings is 2. The highest BCUT2D eigenvalue weighted by Crippen LogP contribution is 2.31. The summed E-state index contributed by atoms with van der Waals surface area (Å²) in [5, 5.41) is 0. The first kappa shape index (κ1) is 18.6. The molecule has 2 nitrogen and oxygen atoms in total. The van der Waals surface area contributed by atoms with Crippen LogP contribution in [0.15, 0.2) is 54.6 Å². The van der Waals surface area contributed by atoms with Gasteiger partial charge in [0.15, 0.2) is 0 Å². The summed E-state index contributed by atoms with van der Waals surface area (Å²) >= 11 is 9.27. The number of thiocarbonyl (C=S) groups is 1. The van der Waals surface area contributed by atoms with E-state index in [-0.39, 0.29) is 5.56 Å². The third-order valence-corrected chi connectivity index (χ3v) is 4.64. The summed E-state index contributed by atoms with van der Waals surface area (Å²) < 4.78 is 27.7. The molecular weight excluding hydrogens is 370 g/mol. The monoisotopic (exact) mass is 386 g/mol. The summed E-state index contributed by atoms with van der Waals surface area (Å²) in [5.41, 5.74) is 2.26. The van der Waals surface area contributed by atoms with Gasteiger partial charge in [-0.2, -0.15) is 0 Å². The fraction of sp³-hybridized carbons (Fsp3) is 0.150. The second-order valence-electron chi connectivity index (χ2n) is 6.37. The Kier molecular flexibility index (Phi) is 5.16. The Morgan fingerprint density at radius 3 is 2.27 bits per heavy atom.